The molecule has 1 heterocycles. The van der Waals surface area contributed by atoms with Gasteiger partial charge >= 0.3 is 6.18 Å². The number of alkyl halides is 3. The van der Waals surface area contributed by atoms with Gasteiger partial charge < -0.3 is 10.6 Å². The third kappa shape index (κ3) is 7.95. The van der Waals surface area contributed by atoms with Crippen LogP contribution in [0.4, 0.5) is 13.2 Å². The Bertz CT molecular complexity index is 755. The van der Waals surface area contributed by atoms with Gasteiger partial charge in [-0.05, 0) is 17.7 Å². The van der Waals surface area contributed by atoms with E-state index in [-0.39, 0.29) is 42.8 Å². The standard InChI is InChI=1S/C16H23F3N4O2S2.HI/c1-20-15(21-5-10-27(24,25)23-6-8-26-9-7-23)22-12-13-3-2-4-14(11-13)16(17,18)19;/h2-4,11H,5-10,12H2,1H3,(H2,20,21,22);1H. The van der Waals surface area contributed by atoms with Gasteiger partial charge in [-0.3, -0.25) is 4.99 Å². The van der Waals surface area contributed by atoms with Gasteiger partial charge in [-0.25, -0.2) is 12.7 Å². The Hall–Kier alpha value is -0.730. The Balaban J connectivity index is 0.00000392. The van der Waals surface area contributed by atoms with Crippen LogP contribution in [0, 0.1) is 0 Å². The Kier molecular flexibility index (Phi) is 10.4. The molecule has 160 valence electrons. The molecule has 0 aliphatic carbocycles. The van der Waals surface area contributed by atoms with Crippen LogP contribution in [0.3, 0.4) is 0 Å². The maximum atomic E-state index is 12.7. The topological polar surface area (TPSA) is 73.8 Å². The molecule has 0 spiro atoms. The van der Waals surface area contributed by atoms with Crippen molar-refractivity contribution in [1.82, 2.24) is 14.9 Å². The number of nitrogens with zero attached hydrogens (tertiary/aromatic N) is 2. The summed E-state index contributed by atoms with van der Waals surface area (Å²) in [4.78, 5) is 3.97. The number of halogens is 4. The predicted molar refractivity (Wildman–Crippen MR) is 118 cm³/mol. The zero-order valence-electron chi connectivity index (χ0n) is 15.3. The number of nitrogens with one attached hydrogen (secondary N) is 2. The van der Waals surface area contributed by atoms with Crippen molar-refractivity contribution in [2.45, 2.75) is 12.7 Å². The van der Waals surface area contributed by atoms with Gasteiger partial charge in [-0.1, -0.05) is 12.1 Å². The van der Waals surface area contributed by atoms with Gasteiger partial charge in [0.1, 0.15) is 0 Å². The average Bonchev–Trinajstić information content (AvgIpc) is 2.64. The fourth-order valence-corrected chi connectivity index (χ4v) is 5.01. The molecule has 2 N–H and O–H groups in total. The number of thioether (sulfide) groups is 1. The average molecular weight is 552 g/mol. The largest absolute Gasteiger partial charge is 0.416 e. The molecule has 1 fully saturated rings. The number of benzene rings is 1. The SMILES string of the molecule is CN=C(NCCS(=O)(=O)N1CCSCC1)NCc1cccc(C(F)(F)F)c1.I. The molecular weight excluding hydrogens is 528 g/mol. The van der Waals surface area contributed by atoms with Crippen molar-refractivity contribution in [2.24, 2.45) is 4.99 Å². The molecule has 0 radical (unpaired) electrons. The zero-order chi connectivity index (χ0) is 19.9. The highest BCUT2D eigenvalue weighted by Crippen LogP contribution is 2.29. The molecule has 0 saturated carbocycles. The van der Waals surface area contributed by atoms with E-state index in [4.69, 9.17) is 0 Å². The predicted octanol–water partition coefficient (Wildman–Crippen LogP) is 2.37. The highest BCUT2D eigenvalue weighted by atomic mass is 127. The summed E-state index contributed by atoms with van der Waals surface area (Å²) in [5.74, 6) is 1.86. The number of rotatable bonds is 6. The van der Waals surface area contributed by atoms with Crippen LogP contribution < -0.4 is 10.6 Å². The maximum absolute atomic E-state index is 12.7. The Labute approximate surface area is 184 Å². The van der Waals surface area contributed by atoms with E-state index in [1.54, 1.807) is 17.8 Å². The van der Waals surface area contributed by atoms with Crippen molar-refractivity contribution in [3.05, 3.63) is 35.4 Å². The summed E-state index contributed by atoms with van der Waals surface area (Å²) in [5, 5.41) is 5.78. The molecule has 6 nitrogen and oxygen atoms in total. The van der Waals surface area contributed by atoms with E-state index in [0.717, 1.165) is 23.6 Å². The summed E-state index contributed by atoms with van der Waals surface area (Å²) in [5.41, 5.74) is -0.262. The number of hydrogen-bond acceptors (Lipinski definition) is 4. The van der Waals surface area contributed by atoms with E-state index in [1.807, 2.05) is 0 Å². The monoisotopic (exact) mass is 552 g/mol. The Morgan fingerprint density at radius 2 is 1.93 bits per heavy atom. The lowest BCUT2D eigenvalue weighted by molar-refractivity contribution is -0.137. The second kappa shape index (κ2) is 11.5. The maximum Gasteiger partial charge on any atom is 0.416 e. The smallest absolute Gasteiger partial charge is 0.355 e. The van der Waals surface area contributed by atoms with Crippen LogP contribution in [0.5, 0.6) is 0 Å². The lowest BCUT2D eigenvalue weighted by atomic mass is 10.1. The molecule has 1 aliphatic heterocycles. The second-order valence-corrected chi connectivity index (χ2v) is 9.19. The highest BCUT2D eigenvalue weighted by Gasteiger charge is 2.30. The van der Waals surface area contributed by atoms with Crippen LogP contribution in [-0.2, 0) is 22.7 Å². The van der Waals surface area contributed by atoms with Crippen LogP contribution in [0.1, 0.15) is 11.1 Å². The molecular formula is C16H24F3IN4O2S2. The molecule has 28 heavy (non-hydrogen) atoms. The Morgan fingerprint density at radius 3 is 2.54 bits per heavy atom. The highest BCUT2D eigenvalue weighted by molar-refractivity contribution is 14.0. The third-order valence-electron chi connectivity index (χ3n) is 3.95. The van der Waals surface area contributed by atoms with E-state index in [2.05, 4.69) is 15.6 Å². The van der Waals surface area contributed by atoms with Gasteiger partial charge in [-0.2, -0.15) is 24.9 Å². The number of sulfonamides is 1. The minimum atomic E-state index is -4.39. The first-order valence-corrected chi connectivity index (χ1v) is 11.1. The van der Waals surface area contributed by atoms with E-state index >= 15 is 0 Å². The van der Waals surface area contributed by atoms with Gasteiger partial charge in [0.15, 0.2) is 5.96 Å². The molecule has 1 aliphatic rings. The van der Waals surface area contributed by atoms with Gasteiger partial charge in [0, 0.05) is 44.7 Å². The van der Waals surface area contributed by atoms with Crippen LogP contribution in [0.25, 0.3) is 0 Å². The van der Waals surface area contributed by atoms with Gasteiger partial charge in [-0.15, -0.1) is 24.0 Å². The fraction of sp³-hybridized carbons (Fsp3) is 0.562. The number of hydrogen-bond donors (Lipinski definition) is 2. The first-order chi connectivity index (χ1) is 12.7. The summed E-state index contributed by atoms with van der Waals surface area (Å²) in [6.07, 6.45) is -4.39. The van der Waals surface area contributed by atoms with Crippen molar-refractivity contribution in [3.63, 3.8) is 0 Å². The van der Waals surface area contributed by atoms with E-state index in [9.17, 15) is 21.6 Å². The van der Waals surface area contributed by atoms with E-state index < -0.39 is 21.8 Å². The molecule has 12 heteroatoms. The molecule has 0 atom stereocenters. The molecule has 0 amide bonds. The molecule has 0 unspecified atom stereocenters. The second-order valence-electron chi connectivity index (χ2n) is 5.88. The van der Waals surface area contributed by atoms with Gasteiger partial charge in [0.25, 0.3) is 0 Å². The summed E-state index contributed by atoms with van der Waals surface area (Å²) in [6.45, 7) is 1.35. The molecule has 0 bridgehead atoms. The minimum Gasteiger partial charge on any atom is -0.355 e. The van der Waals surface area contributed by atoms with Crippen molar-refractivity contribution >= 4 is 51.7 Å². The molecule has 2 rings (SSSR count). The van der Waals surface area contributed by atoms with Gasteiger partial charge in [0.2, 0.25) is 10.0 Å². The van der Waals surface area contributed by atoms with Crippen LogP contribution >= 0.6 is 35.7 Å². The first kappa shape index (κ1) is 25.3. The molecule has 0 aromatic heterocycles. The normalized spacial score (nSPS) is 16.4. The van der Waals surface area contributed by atoms with Crippen molar-refractivity contribution in [2.75, 3.05) is 43.9 Å². The van der Waals surface area contributed by atoms with Crippen molar-refractivity contribution in [1.29, 1.82) is 0 Å². The number of guanidine groups is 1. The van der Waals surface area contributed by atoms with Gasteiger partial charge in [0.05, 0.1) is 11.3 Å². The fourth-order valence-electron chi connectivity index (χ4n) is 2.52. The minimum absolute atomic E-state index is 0. The van der Waals surface area contributed by atoms with Crippen LogP contribution in [0.2, 0.25) is 0 Å². The first-order valence-electron chi connectivity index (χ1n) is 8.38. The Morgan fingerprint density at radius 1 is 1.25 bits per heavy atom. The zero-order valence-corrected chi connectivity index (χ0v) is 19.3. The lowest BCUT2D eigenvalue weighted by Crippen LogP contribution is -2.44. The van der Waals surface area contributed by atoms with Crippen LogP contribution in [-0.4, -0.2) is 62.6 Å². The molecule has 1 aromatic carbocycles. The lowest BCUT2D eigenvalue weighted by Gasteiger charge is -2.25. The van der Waals surface area contributed by atoms with Crippen molar-refractivity contribution < 1.29 is 21.6 Å². The number of aliphatic imine (C=N–C) groups is 1. The summed E-state index contributed by atoms with van der Waals surface area (Å²) in [6, 6.07) is 5.01. The summed E-state index contributed by atoms with van der Waals surface area (Å²) < 4.78 is 64.3. The summed E-state index contributed by atoms with van der Waals surface area (Å²) >= 11 is 1.73. The quantitative estimate of drug-likeness (QED) is 0.322. The molecule has 1 saturated heterocycles. The third-order valence-corrected chi connectivity index (χ3v) is 6.77. The van der Waals surface area contributed by atoms with E-state index in [1.165, 1.54) is 17.4 Å². The summed E-state index contributed by atoms with van der Waals surface area (Å²) in [7, 11) is -1.81. The van der Waals surface area contributed by atoms with Crippen LogP contribution in [0.15, 0.2) is 29.3 Å². The van der Waals surface area contributed by atoms with E-state index in [0.29, 0.717) is 24.6 Å². The molecule has 1 aromatic rings. The van der Waals surface area contributed by atoms with Crippen molar-refractivity contribution in [3.8, 4) is 0 Å².